The summed E-state index contributed by atoms with van der Waals surface area (Å²) in [4.78, 5) is 2.51. The van der Waals surface area contributed by atoms with Crippen LogP contribution in [0.3, 0.4) is 0 Å². The Labute approximate surface area is 98.4 Å². The van der Waals surface area contributed by atoms with Crippen LogP contribution in [0.25, 0.3) is 0 Å². The molecule has 0 spiro atoms. The highest BCUT2D eigenvalue weighted by molar-refractivity contribution is 5.51. The molecule has 0 radical (unpaired) electrons. The number of hydrogen-bond donors (Lipinski definition) is 1. The van der Waals surface area contributed by atoms with Crippen LogP contribution >= 0.6 is 0 Å². The van der Waals surface area contributed by atoms with E-state index in [9.17, 15) is 0 Å². The molecule has 1 aliphatic rings. The first-order valence-electron chi connectivity index (χ1n) is 6.20. The minimum absolute atomic E-state index is 0.315. The molecule has 0 aromatic heterocycles. The van der Waals surface area contributed by atoms with Crippen LogP contribution in [0.2, 0.25) is 0 Å². The maximum Gasteiger partial charge on any atom is 0.0370 e. The van der Waals surface area contributed by atoms with E-state index in [-0.39, 0.29) is 0 Å². The Morgan fingerprint density at radius 1 is 1.25 bits per heavy atom. The zero-order valence-corrected chi connectivity index (χ0v) is 10.4. The monoisotopic (exact) mass is 218 g/mol. The maximum atomic E-state index is 5.55. The minimum Gasteiger partial charge on any atom is -0.366 e. The molecule has 0 bridgehead atoms. The van der Waals surface area contributed by atoms with E-state index in [1.807, 2.05) is 0 Å². The molecular weight excluding hydrogens is 196 g/mol. The van der Waals surface area contributed by atoms with Crippen LogP contribution in [0.1, 0.15) is 32.3 Å². The average molecular weight is 218 g/mol. The summed E-state index contributed by atoms with van der Waals surface area (Å²) in [5.41, 5.74) is 8.55. The van der Waals surface area contributed by atoms with E-state index in [2.05, 4.69) is 43.0 Å². The van der Waals surface area contributed by atoms with Crippen molar-refractivity contribution in [2.45, 2.75) is 38.6 Å². The smallest absolute Gasteiger partial charge is 0.0370 e. The summed E-state index contributed by atoms with van der Waals surface area (Å²) < 4.78 is 0. The van der Waals surface area contributed by atoms with Crippen molar-refractivity contribution in [3.8, 4) is 0 Å². The Bertz CT molecular complexity index is 340. The molecule has 16 heavy (non-hydrogen) atoms. The van der Waals surface area contributed by atoms with E-state index in [1.165, 1.54) is 30.6 Å². The van der Waals surface area contributed by atoms with Gasteiger partial charge in [-0.05, 0) is 57.4 Å². The van der Waals surface area contributed by atoms with Crippen LogP contribution in [-0.2, 0) is 6.42 Å². The maximum absolute atomic E-state index is 5.55. The molecule has 0 atom stereocenters. The molecule has 2 N–H and O–H groups in total. The number of nitrogens with zero attached hydrogens (tertiary/aromatic N) is 1. The Balaban J connectivity index is 2.15. The Kier molecular flexibility index (Phi) is 3.20. The zero-order valence-electron chi connectivity index (χ0n) is 10.4. The summed E-state index contributed by atoms with van der Waals surface area (Å²) in [6.45, 7) is 6.57. The third-order valence-corrected chi connectivity index (χ3v) is 3.58. The van der Waals surface area contributed by atoms with E-state index in [0.29, 0.717) is 5.54 Å². The summed E-state index contributed by atoms with van der Waals surface area (Å²) in [7, 11) is 0. The first-order valence-corrected chi connectivity index (χ1v) is 6.20. The molecule has 0 aliphatic carbocycles. The highest BCUT2D eigenvalue weighted by atomic mass is 15.2. The predicted molar refractivity (Wildman–Crippen MR) is 69.9 cm³/mol. The lowest BCUT2D eigenvalue weighted by Crippen LogP contribution is -2.38. The van der Waals surface area contributed by atoms with Crippen molar-refractivity contribution < 1.29 is 0 Å². The molecule has 2 rings (SSSR count). The third-order valence-electron chi connectivity index (χ3n) is 3.58. The molecule has 0 unspecified atom stereocenters. The van der Waals surface area contributed by atoms with Crippen molar-refractivity contribution in [1.82, 2.24) is 0 Å². The van der Waals surface area contributed by atoms with Gasteiger partial charge in [0.25, 0.3) is 0 Å². The van der Waals surface area contributed by atoms with Crippen LogP contribution in [0.4, 0.5) is 5.69 Å². The van der Waals surface area contributed by atoms with Crippen LogP contribution in [-0.4, -0.2) is 18.6 Å². The van der Waals surface area contributed by atoms with E-state index < -0.39 is 0 Å². The molecule has 2 nitrogen and oxygen atoms in total. The fraction of sp³-hybridized carbons (Fsp3) is 0.571. The molecule has 88 valence electrons. The van der Waals surface area contributed by atoms with Crippen molar-refractivity contribution in [2.24, 2.45) is 5.73 Å². The topological polar surface area (TPSA) is 29.3 Å². The summed E-state index contributed by atoms with van der Waals surface area (Å²) in [5.74, 6) is 0. The van der Waals surface area contributed by atoms with Crippen molar-refractivity contribution in [1.29, 1.82) is 0 Å². The lowest BCUT2D eigenvalue weighted by atomic mass is 10.0. The SMILES string of the molecule is CC1(C)CCCN1c1ccc(CCN)cc1. The largest absolute Gasteiger partial charge is 0.366 e. The van der Waals surface area contributed by atoms with Gasteiger partial charge in [-0.2, -0.15) is 0 Å². The first-order chi connectivity index (χ1) is 7.63. The minimum atomic E-state index is 0.315. The quantitative estimate of drug-likeness (QED) is 0.845. The molecule has 1 aromatic rings. The number of benzene rings is 1. The average Bonchev–Trinajstić information content (AvgIpc) is 2.60. The van der Waals surface area contributed by atoms with Gasteiger partial charge in [0.1, 0.15) is 0 Å². The van der Waals surface area contributed by atoms with Gasteiger partial charge in [0.05, 0.1) is 0 Å². The summed E-state index contributed by atoms with van der Waals surface area (Å²) in [6.07, 6.45) is 3.57. The zero-order chi connectivity index (χ0) is 11.6. The second kappa shape index (κ2) is 4.46. The first kappa shape index (κ1) is 11.5. The van der Waals surface area contributed by atoms with E-state index in [1.54, 1.807) is 0 Å². The van der Waals surface area contributed by atoms with Crippen LogP contribution < -0.4 is 10.6 Å². The number of nitrogens with two attached hydrogens (primary N) is 1. The predicted octanol–water partition coefficient (Wildman–Crippen LogP) is 2.57. The Morgan fingerprint density at radius 3 is 2.44 bits per heavy atom. The summed E-state index contributed by atoms with van der Waals surface area (Å²) >= 11 is 0. The van der Waals surface area contributed by atoms with Gasteiger partial charge < -0.3 is 10.6 Å². The van der Waals surface area contributed by atoms with Gasteiger partial charge in [0.2, 0.25) is 0 Å². The second-order valence-electron chi connectivity index (χ2n) is 5.27. The fourth-order valence-corrected chi connectivity index (χ4v) is 2.60. The summed E-state index contributed by atoms with van der Waals surface area (Å²) in [5, 5.41) is 0. The second-order valence-corrected chi connectivity index (χ2v) is 5.27. The molecule has 1 aliphatic heterocycles. The van der Waals surface area contributed by atoms with Gasteiger partial charge in [-0.3, -0.25) is 0 Å². The Morgan fingerprint density at radius 2 is 1.94 bits per heavy atom. The normalized spacial score (nSPS) is 19.1. The molecule has 1 aromatic carbocycles. The number of rotatable bonds is 3. The third kappa shape index (κ3) is 2.22. The molecule has 1 saturated heterocycles. The highest BCUT2D eigenvalue weighted by Crippen LogP contribution is 2.33. The molecular formula is C14H22N2. The van der Waals surface area contributed by atoms with E-state index >= 15 is 0 Å². The van der Waals surface area contributed by atoms with Gasteiger partial charge in [-0.25, -0.2) is 0 Å². The van der Waals surface area contributed by atoms with Crippen LogP contribution in [0, 0.1) is 0 Å². The van der Waals surface area contributed by atoms with Gasteiger partial charge >= 0.3 is 0 Å². The van der Waals surface area contributed by atoms with Gasteiger partial charge in [-0.1, -0.05) is 12.1 Å². The molecule has 2 heteroatoms. The molecule has 0 saturated carbocycles. The molecule has 1 heterocycles. The van der Waals surface area contributed by atoms with E-state index in [4.69, 9.17) is 5.73 Å². The lowest BCUT2D eigenvalue weighted by Gasteiger charge is -2.33. The number of anilines is 1. The lowest BCUT2D eigenvalue weighted by molar-refractivity contribution is 0.518. The fourth-order valence-electron chi connectivity index (χ4n) is 2.60. The van der Waals surface area contributed by atoms with E-state index in [0.717, 1.165) is 13.0 Å². The summed E-state index contributed by atoms with van der Waals surface area (Å²) in [6, 6.07) is 8.88. The van der Waals surface area contributed by atoms with Crippen molar-refractivity contribution in [3.05, 3.63) is 29.8 Å². The van der Waals surface area contributed by atoms with Crippen LogP contribution in [0.5, 0.6) is 0 Å². The molecule has 1 fully saturated rings. The van der Waals surface area contributed by atoms with Gasteiger partial charge in [-0.15, -0.1) is 0 Å². The van der Waals surface area contributed by atoms with Gasteiger partial charge in [0, 0.05) is 17.8 Å². The van der Waals surface area contributed by atoms with Crippen LogP contribution in [0.15, 0.2) is 24.3 Å². The van der Waals surface area contributed by atoms with Crippen molar-refractivity contribution >= 4 is 5.69 Å². The standard InChI is InChI=1S/C14H22N2/c1-14(2)9-3-11-16(14)13-6-4-12(5-7-13)8-10-15/h4-7H,3,8-11,15H2,1-2H3. The highest BCUT2D eigenvalue weighted by Gasteiger charge is 2.31. The molecule has 0 amide bonds. The Hall–Kier alpha value is -1.02. The van der Waals surface area contributed by atoms with Crippen molar-refractivity contribution in [3.63, 3.8) is 0 Å². The number of hydrogen-bond acceptors (Lipinski definition) is 2. The van der Waals surface area contributed by atoms with Crippen molar-refractivity contribution in [2.75, 3.05) is 18.0 Å². The van der Waals surface area contributed by atoms with Gasteiger partial charge in [0.15, 0.2) is 0 Å².